The summed E-state index contributed by atoms with van der Waals surface area (Å²) in [5.74, 6) is -1.47. The van der Waals surface area contributed by atoms with E-state index in [2.05, 4.69) is 10.1 Å². The van der Waals surface area contributed by atoms with Crippen LogP contribution >= 0.6 is 0 Å². The highest BCUT2D eigenvalue weighted by atomic mass is 16.1. The summed E-state index contributed by atoms with van der Waals surface area (Å²) in [6, 6.07) is 12.7. The lowest BCUT2D eigenvalue weighted by atomic mass is 9.71. The van der Waals surface area contributed by atoms with E-state index >= 15 is 0 Å². The van der Waals surface area contributed by atoms with Crippen LogP contribution in [0.4, 0.5) is 0 Å². The summed E-state index contributed by atoms with van der Waals surface area (Å²) in [4.78, 5) is 43.9. The maximum atomic E-state index is 13.2. The Morgan fingerprint density at radius 2 is 1.67 bits per heavy atom. The van der Waals surface area contributed by atoms with Gasteiger partial charge in [0.1, 0.15) is 0 Å². The Kier molecular flexibility index (Phi) is 4.93. The zero-order chi connectivity index (χ0) is 23.3. The van der Waals surface area contributed by atoms with E-state index in [0.717, 1.165) is 16.8 Å². The Bertz CT molecular complexity index is 1470. The molecule has 1 N–H and O–H groups in total. The predicted octanol–water partition coefficient (Wildman–Crippen LogP) is 4.28. The molecule has 6 nitrogen and oxygen atoms in total. The molecule has 2 aliphatic rings. The molecule has 2 atom stereocenters. The number of H-pyrrole nitrogens is 1. The molecule has 0 saturated heterocycles. The summed E-state index contributed by atoms with van der Waals surface area (Å²) in [5, 5.41) is 3.11. The van der Waals surface area contributed by atoms with Gasteiger partial charge in [-0.3, -0.25) is 24.5 Å². The molecule has 2 aromatic carbocycles. The number of nitrogens with zero attached hydrogens (tertiary/aromatic N) is 2. The monoisotopic (exact) mass is 437 g/mol. The predicted molar refractivity (Wildman–Crippen MR) is 128 cm³/mol. The van der Waals surface area contributed by atoms with E-state index in [-0.39, 0.29) is 17.1 Å². The lowest BCUT2D eigenvalue weighted by Gasteiger charge is -2.30. The zero-order valence-electron chi connectivity index (χ0n) is 18.6. The Balaban J connectivity index is 1.51. The van der Waals surface area contributed by atoms with E-state index in [1.54, 1.807) is 42.5 Å². The first-order valence-electron chi connectivity index (χ1n) is 10.9. The third-order valence-electron chi connectivity index (χ3n) is 6.51. The van der Waals surface area contributed by atoms with Crippen LogP contribution in [0.25, 0.3) is 5.69 Å². The van der Waals surface area contributed by atoms with Crippen LogP contribution in [0, 0.1) is 32.6 Å². The number of rotatable bonds is 3. The van der Waals surface area contributed by atoms with Crippen molar-refractivity contribution in [3.63, 3.8) is 0 Å². The van der Waals surface area contributed by atoms with E-state index in [4.69, 9.17) is 0 Å². The molecule has 164 valence electrons. The summed E-state index contributed by atoms with van der Waals surface area (Å²) < 4.78 is 1.49. The van der Waals surface area contributed by atoms with Crippen molar-refractivity contribution in [1.82, 2.24) is 9.78 Å². The molecule has 33 heavy (non-hydrogen) atoms. The lowest BCUT2D eigenvalue weighted by Crippen LogP contribution is -2.37. The molecule has 0 aliphatic heterocycles. The van der Waals surface area contributed by atoms with Crippen LogP contribution < -0.4 is 5.56 Å². The van der Waals surface area contributed by atoms with Gasteiger partial charge in [0.15, 0.2) is 11.6 Å². The van der Waals surface area contributed by atoms with Crippen LogP contribution in [0.2, 0.25) is 0 Å². The third-order valence-corrected chi connectivity index (χ3v) is 6.51. The highest BCUT2D eigenvalue weighted by Gasteiger charge is 2.42. The van der Waals surface area contributed by atoms with Gasteiger partial charge in [0.2, 0.25) is 0 Å². The molecular weight excluding hydrogens is 414 g/mol. The summed E-state index contributed by atoms with van der Waals surface area (Å²) in [6.07, 6.45) is 6.74. The molecule has 1 aromatic heterocycles. The van der Waals surface area contributed by atoms with E-state index in [9.17, 15) is 14.4 Å². The number of Topliss-reactive ketones (excluding diaryl/α,β-unsaturated/α-hetero) is 2. The normalized spacial score (nSPS) is 19.5. The van der Waals surface area contributed by atoms with Crippen molar-refractivity contribution in [1.29, 1.82) is 0 Å². The maximum absolute atomic E-state index is 13.2. The highest BCUT2D eigenvalue weighted by Crippen LogP contribution is 2.38. The molecule has 2 aliphatic carbocycles. The number of hydrogen-bond acceptors (Lipinski definition) is 4. The average molecular weight is 437 g/mol. The van der Waals surface area contributed by atoms with Crippen molar-refractivity contribution in [2.75, 3.05) is 0 Å². The van der Waals surface area contributed by atoms with Gasteiger partial charge in [-0.15, -0.1) is 0 Å². The number of aromatic amines is 1. The van der Waals surface area contributed by atoms with Crippen molar-refractivity contribution in [3.8, 4) is 5.69 Å². The first-order chi connectivity index (χ1) is 15.9. The van der Waals surface area contributed by atoms with Gasteiger partial charge in [-0.25, -0.2) is 4.68 Å². The number of hydrogen-bond donors (Lipinski definition) is 1. The van der Waals surface area contributed by atoms with Gasteiger partial charge in [-0.05, 0) is 50.1 Å². The Hall–Kier alpha value is -4.06. The summed E-state index contributed by atoms with van der Waals surface area (Å²) in [6.45, 7) is 5.83. The van der Waals surface area contributed by atoms with Crippen LogP contribution in [0.5, 0.6) is 0 Å². The Morgan fingerprint density at radius 3 is 2.39 bits per heavy atom. The van der Waals surface area contributed by atoms with E-state index in [1.165, 1.54) is 10.9 Å². The first-order valence-corrected chi connectivity index (χ1v) is 10.9. The van der Waals surface area contributed by atoms with Gasteiger partial charge in [0.05, 0.1) is 28.8 Å². The summed E-state index contributed by atoms with van der Waals surface area (Å²) in [7, 11) is 0. The smallest absolute Gasteiger partial charge is 0.280 e. The molecule has 0 fully saturated rings. The molecular formula is C27H23N3O3. The van der Waals surface area contributed by atoms with Gasteiger partial charge >= 0.3 is 0 Å². The highest BCUT2D eigenvalue weighted by molar-refractivity contribution is 6.17. The molecule has 0 radical (unpaired) electrons. The maximum Gasteiger partial charge on any atom is 0.280 e. The molecule has 0 saturated carbocycles. The molecule has 5 rings (SSSR count). The molecule has 0 unspecified atom stereocenters. The number of allylic oxidation sites excluding steroid dienone is 4. The Morgan fingerprint density at radius 1 is 0.939 bits per heavy atom. The van der Waals surface area contributed by atoms with Crippen LogP contribution in [-0.2, 0) is 0 Å². The van der Waals surface area contributed by atoms with Crippen molar-refractivity contribution >= 4 is 17.8 Å². The van der Waals surface area contributed by atoms with Gasteiger partial charge in [-0.2, -0.15) is 0 Å². The largest absolute Gasteiger partial charge is 0.295 e. The molecule has 0 amide bonds. The van der Waals surface area contributed by atoms with Gasteiger partial charge in [0, 0.05) is 23.0 Å². The average Bonchev–Trinajstić information content (AvgIpc) is 3.10. The fourth-order valence-electron chi connectivity index (χ4n) is 4.49. The number of fused-ring (bicyclic) bond motifs is 2. The van der Waals surface area contributed by atoms with Gasteiger partial charge < -0.3 is 0 Å². The number of benzene rings is 2. The molecule has 0 spiro atoms. The number of ketones is 2. The molecule has 1 heterocycles. The zero-order valence-corrected chi connectivity index (χ0v) is 18.6. The van der Waals surface area contributed by atoms with Crippen molar-refractivity contribution in [2.24, 2.45) is 16.8 Å². The van der Waals surface area contributed by atoms with Gasteiger partial charge in [0.25, 0.3) is 5.56 Å². The number of nitrogens with one attached hydrogen (secondary N) is 1. The third kappa shape index (κ3) is 3.35. The molecule has 6 heteroatoms. The molecule has 0 bridgehead atoms. The number of aromatic nitrogens is 2. The second-order valence-electron chi connectivity index (χ2n) is 8.57. The second kappa shape index (κ2) is 7.81. The van der Waals surface area contributed by atoms with Crippen molar-refractivity contribution in [3.05, 3.63) is 110 Å². The topological polar surface area (TPSA) is 84.3 Å². The fraction of sp³-hybridized carbons (Fsp3) is 0.185. The van der Waals surface area contributed by atoms with E-state index in [1.807, 2.05) is 39.0 Å². The summed E-state index contributed by atoms with van der Waals surface area (Å²) >= 11 is 0. The summed E-state index contributed by atoms with van der Waals surface area (Å²) in [5.41, 5.74) is 5.20. The fourth-order valence-corrected chi connectivity index (χ4v) is 4.49. The van der Waals surface area contributed by atoms with Gasteiger partial charge in [-0.1, -0.05) is 42.5 Å². The van der Waals surface area contributed by atoms with Crippen LogP contribution in [0.3, 0.4) is 0 Å². The Labute approximate surface area is 191 Å². The minimum Gasteiger partial charge on any atom is -0.295 e. The lowest BCUT2D eigenvalue weighted by molar-refractivity contribution is 0.0793. The number of aliphatic imine (C=N–C) groups is 1. The van der Waals surface area contributed by atoms with E-state index in [0.29, 0.717) is 28.1 Å². The number of carbonyl (C=O) groups is 2. The minimum absolute atomic E-state index is 0.0813. The van der Waals surface area contributed by atoms with E-state index < -0.39 is 11.8 Å². The second-order valence-corrected chi connectivity index (χ2v) is 8.57. The first kappa shape index (κ1) is 20.8. The van der Waals surface area contributed by atoms with Crippen LogP contribution in [0.1, 0.15) is 43.1 Å². The standard InChI is InChI=1S/C27H23N3O3/c1-15-11-12-18(13-16(15)2)30-27(33)22(17(3)29-30)14-28-23-10-6-9-21-24(23)26(32)20-8-5-4-7-19(20)25(21)31/h4-14,21,24,29H,1-3H3/t21-,24-/m1/s1. The van der Waals surface area contributed by atoms with Crippen LogP contribution in [0.15, 0.2) is 76.2 Å². The number of carbonyl (C=O) groups excluding carboxylic acids is 2. The van der Waals surface area contributed by atoms with Crippen LogP contribution in [-0.4, -0.2) is 27.6 Å². The van der Waals surface area contributed by atoms with Crippen molar-refractivity contribution in [2.45, 2.75) is 20.8 Å². The quantitative estimate of drug-likeness (QED) is 0.621. The number of aryl methyl sites for hydroxylation is 3. The SMILES string of the molecule is Cc1ccc(-n2[nH]c(C)c(C=NC3=CC=C[C@H]4C(=O)c5ccccc5C(=O)[C@@H]34)c2=O)cc1C. The molecule has 3 aromatic rings. The van der Waals surface area contributed by atoms with Crippen molar-refractivity contribution < 1.29 is 9.59 Å². The minimum atomic E-state index is -0.685.